The summed E-state index contributed by atoms with van der Waals surface area (Å²) in [6.07, 6.45) is 8.03. The zero-order valence-electron chi connectivity index (χ0n) is 6.74. The summed E-state index contributed by atoms with van der Waals surface area (Å²) >= 11 is 0. The van der Waals surface area contributed by atoms with Gasteiger partial charge in [-0.05, 0) is 0 Å². The van der Waals surface area contributed by atoms with Gasteiger partial charge in [0.25, 0.3) is 5.91 Å². The van der Waals surface area contributed by atoms with Crippen molar-refractivity contribution in [2.75, 3.05) is 6.54 Å². The highest BCUT2D eigenvalue weighted by Gasteiger charge is 2.07. The Balaban J connectivity index is 2.67. The van der Waals surface area contributed by atoms with Crippen molar-refractivity contribution in [1.82, 2.24) is 14.9 Å². The lowest BCUT2D eigenvalue weighted by Gasteiger charge is -2.00. The lowest BCUT2D eigenvalue weighted by atomic mass is 10.4. The maximum atomic E-state index is 11.2. The lowest BCUT2D eigenvalue weighted by Crippen LogP contribution is -2.25. The standard InChI is InChI=1S/C8H9N3O/c1-3-4-10-8(12)7-5-9-6-11(7)2/h1,5-6H,4H2,2H3,(H,10,12). The van der Waals surface area contributed by atoms with Gasteiger partial charge in [0.2, 0.25) is 0 Å². The molecule has 4 heteroatoms. The monoisotopic (exact) mass is 163 g/mol. The van der Waals surface area contributed by atoms with Crippen LogP contribution in [0.5, 0.6) is 0 Å². The van der Waals surface area contributed by atoms with E-state index in [1.54, 1.807) is 17.9 Å². The molecule has 0 spiro atoms. The second-order valence-corrected chi connectivity index (χ2v) is 2.28. The Labute approximate surface area is 70.6 Å². The van der Waals surface area contributed by atoms with E-state index in [0.717, 1.165) is 0 Å². The van der Waals surface area contributed by atoms with E-state index >= 15 is 0 Å². The molecule has 1 amide bonds. The summed E-state index contributed by atoms with van der Waals surface area (Å²) in [6.45, 7) is 0.240. The molecule has 62 valence electrons. The number of aromatic nitrogens is 2. The van der Waals surface area contributed by atoms with Crippen LogP contribution in [-0.2, 0) is 7.05 Å². The zero-order chi connectivity index (χ0) is 8.97. The Bertz CT molecular complexity index is 321. The van der Waals surface area contributed by atoms with Gasteiger partial charge in [0.15, 0.2) is 0 Å². The smallest absolute Gasteiger partial charge is 0.270 e. The molecule has 0 saturated carbocycles. The molecule has 12 heavy (non-hydrogen) atoms. The van der Waals surface area contributed by atoms with Crippen LogP contribution in [-0.4, -0.2) is 22.0 Å². The fourth-order valence-corrected chi connectivity index (χ4v) is 0.798. The van der Waals surface area contributed by atoms with Crippen molar-refractivity contribution in [3.63, 3.8) is 0 Å². The van der Waals surface area contributed by atoms with Gasteiger partial charge in [-0.25, -0.2) is 4.98 Å². The van der Waals surface area contributed by atoms with Crippen LogP contribution < -0.4 is 5.32 Å². The largest absolute Gasteiger partial charge is 0.340 e. The molecule has 0 atom stereocenters. The first-order valence-corrected chi connectivity index (χ1v) is 3.43. The van der Waals surface area contributed by atoms with E-state index in [2.05, 4.69) is 16.2 Å². The van der Waals surface area contributed by atoms with Crippen LogP contribution in [0.15, 0.2) is 12.5 Å². The van der Waals surface area contributed by atoms with Crippen LogP contribution in [0.3, 0.4) is 0 Å². The Hall–Kier alpha value is -1.76. The summed E-state index contributed by atoms with van der Waals surface area (Å²) in [5.41, 5.74) is 0.505. The molecule has 4 nitrogen and oxygen atoms in total. The SMILES string of the molecule is C#CCNC(=O)c1cncn1C. The van der Waals surface area contributed by atoms with Crippen molar-refractivity contribution in [2.45, 2.75) is 0 Å². The fourth-order valence-electron chi connectivity index (χ4n) is 0.798. The van der Waals surface area contributed by atoms with Crippen LogP contribution in [0.25, 0.3) is 0 Å². The van der Waals surface area contributed by atoms with Crippen LogP contribution in [0.4, 0.5) is 0 Å². The number of nitrogens with one attached hydrogen (secondary N) is 1. The van der Waals surface area contributed by atoms with Crippen molar-refractivity contribution < 1.29 is 4.79 Å². The zero-order valence-corrected chi connectivity index (χ0v) is 6.74. The number of hydrogen-bond donors (Lipinski definition) is 1. The van der Waals surface area contributed by atoms with Gasteiger partial charge < -0.3 is 9.88 Å². The van der Waals surface area contributed by atoms with Crippen LogP contribution in [0, 0.1) is 12.3 Å². The lowest BCUT2D eigenvalue weighted by molar-refractivity contribution is 0.0950. The maximum absolute atomic E-state index is 11.2. The number of amides is 1. The molecular weight excluding hydrogens is 154 g/mol. The van der Waals surface area contributed by atoms with Gasteiger partial charge in [-0.2, -0.15) is 0 Å². The van der Waals surface area contributed by atoms with Crippen molar-refractivity contribution in [3.05, 3.63) is 18.2 Å². The molecule has 0 unspecified atom stereocenters. The number of aryl methyl sites for hydroxylation is 1. The van der Waals surface area contributed by atoms with Crippen LogP contribution in [0.2, 0.25) is 0 Å². The van der Waals surface area contributed by atoms with E-state index in [0.29, 0.717) is 5.69 Å². The normalized spacial score (nSPS) is 9.00. The minimum atomic E-state index is -0.201. The average Bonchev–Trinajstić information content (AvgIpc) is 2.47. The summed E-state index contributed by atoms with van der Waals surface area (Å²) in [6, 6.07) is 0. The first-order valence-electron chi connectivity index (χ1n) is 3.43. The number of imidazole rings is 1. The highest BCUT2D eigenvalue weighted by Crippen LogP contribution is 1.94. The number of nitrogens with zero attached hydrogens (tertiary/aromatic N) is 2. The number of carbonyl (C=O) groups is 1. The van der Waals surface area contributed by atoms with E-state index in [4.69, 9.17) is 6.42 Å². The third-order valence-electron chi connectivity index (χ3n) is 1.40. The molecule has 0 aromatic carbocycles. The molecule has 0 radical (unpaired) electrons. The highest BCUT2D eigenvalue weighted by molar-refractivity contribution is 5.92. The van der Waals surface area contributed by atoms with Gasteiger partial charge in [-0.3, -0.25) is 4.79 Å². The van der Waals surface area contributed by atoms with Crippen molar-refractivity contribution in [1.29, 1.82) is 0 Å². The summed E-state index contributed by atoms with van der Waals surface area (Å²) in [5.74, 6) is 2.12. The summed E-state index contributed by atoms with van der Waals surface area (Å²) in [7, 11) is 1.75. The average molecular weight is 163 g/mol. The number of terminal acetylenes is 1. The maximum Gasteiger partial charge on any atom is 0.270 e. The molecule has 0 fully saturated rings. The first kappa shape index (κ1) is 8.34. The van der Waals surface area contributed by atoms with Gasteiger partial charge in [0.1, 0.15) is 5.69 Å². The quantitative estimate of drug-likeness (QED) is 0.613. The van der Waals surface area contributed by atoms with E-state index in [9.17, 15) is 4.79 Å². The van der Waals surface area contributed by atoms with E-state index in [1.807, 2.05) is 0 Å². The highest BCUT2D eigenvalue weighted by atomic mass is 16.1. The second-order valence-electron chi connectivity index (χ2n) is 2.28. The minimum Gasteiger partial charge on any atom is -0.340 e. The molecule has 0 aliphatic rings. The predicted octanol–water partition coefficient (Wildman–Crippen LogP) is -0.217. The van der Waals surface area contributed by atoms with Gasteiger partial charge >= 0.3 is 0 Å². The minimum absolute atomic E-state index is 0.201. The molecular formula is C8H9N3O. The van der Waals surface area contributed by atoms with E-state index in [1.165, 1.54) is 6.20 Å². The van der Waals surface area contributed by atoms with E-state index < -0.39 is 0 Å². The molecule has 0 aliphatic heterocycles. The van der Waals surface area contributed by atoms with Gasteiger partial charge in [0, 0.05) is 7.05 Å². The molecule has 0 bridgehead atoms. The molecule has 1 aromatic heterocycles. The molecule has 1 aromatic rings. The molecule has 1 N–H and O–H groups in total. The Morgan fingerprint density at radius 2 is 2.67 bits per heavy atom. The third-order valence-corrected chi connectivity index (χ3v) is 1.40. The topological polar surface area (TPSA) is 46.9 Å². The van der Waals surface area contributed by atoms with Crippen LogP contribution >= 0.6 is 0 Å². The first-order chi connectivity index (χ1) is 5.75. The summed E-state index contributed by atoms with van der Waals surface area (Å²) in [5, 5.41) is 2.54. The van der Waals surface area contributed by atoms with Crippen molar-refractivity contribution >= 4 is 5.91 Å². The Kier molecular flexibility index (Phi) is 2.49. The molecule has 0 aliphatic carbocycles. The summed E-state index contributed by atoms with van der Waals surface area (Å²) < 4.78 is 1.63. The molecule has 0 saturated heterocycles. The third kappa shape index (κ3) is 1.64. The fraction of sp³-hybridized carbons (Fsp3) is 0.250. The van der Waals surface area contributed by atoms with E-state index in [-0.39, 0.29) is 12.5 Å². The predicted molar refractivity (Wildman–Crippen MR) is 44.4 cm³/mol. The number of hydrogen-bond acceptors (Lipinski definition) is 2. The number of carbonyl (C=O) groups excluding carboxylic acids is 1. The van der Waals surface area contributed by atoms with Gasteiger partial charge in [-0.15, -0.1) is 6.42 Å². The molecule has 1 rings (SSSR count). The Morgan fingerprint density at radius 1 is 1.92 bits per heavy atom. The van der Waals surface area contributed by atoms with Crippen molar-refractivity contribution in [2.24, 2.45) is 7.05 Å². The van der Waals surface area contributed by atoms with Gasteiger partial charge in [0.05, 0.1) is 19.1 Å². The molecule has 1 heterocycles. The number of rotatable bonds is 2. The summed E-state index contributed by atoms with van der Waals surface area (Å²) in [4.78, 5) is 15.0. The second kappa shape index (κ2) is 3.58. The van der Waals surface area contributed by atoms with Crippen LogP contribution in [0.1, 0.15) is 10.5 Å². The Morgan fingerprint density at radius 3 is 3.17 bits per heavy atom. The van der Waals surface area contributed by atoms with Gasteiger partial charge in [-0.1, -0.05) is 5.92 Å². The van der Waals surface area contributed by atoms with Crippen molar-refractivity contribution in [3.8, 4) is 12.3 Å².